The quantitative estimate of drug-likeness (QED) is 0.411. The highest BCUT2D eigenvalue weighted by molar-refractivity contribution is 5.60. The second-order valence-electron chi connectivity index (χ2n) is 9.30. The van der Waals surface area contributed by atoms with Crippen LogP contribution in [0.2, 0.25) is 0 Å². The lowest BCUT2D eigenvalue weighted by atomic mass is 9.64. The Bertz CT molecular complexity index is 1080. The van der Waals surface area contributed by atoms with E-state index < -0.39 is 35.6 Å². The van der Waals surface area contributed by atoms with Gasteiger partial charge in [0.15, 0.2) is 6.29 Å². The number of carbonyl (C=O) groups excluding carboxylic acids is 1. The van der Waals surface area contributed by atoms with E-state index in [-0.39, 0.29) is 19.3 Å². The third-order valence-electron chi connectivity index (χ3n) is 6.90. The van der Waals surface area contributed by atoms with E-state index in [0.717, 1.165) is 16.7 Å². The molecule has 4 rings (SSSR count). The summed E-state index contributed by atoms with van der Waals surface area (Å²) in [5.41, 5.74) is -1.41. The van der Waals surface area contributed by atoms with E-state index in [2.05, 4.69) is 0 Å². The number of aliphatic hydroxyl groups excluding tert-OH is 1. The number of methoxy groups -OCH3 is 1. The van der Waals surface area contributed by atoms with Gasteiger partial charge in [0.05, 0.1) is 12.0 Å². The van der Waals surface area contributed by atoms with Crippen molar-refractivity contribution >= 4 is 6.29 Å². The minimum absolute atomic E-state index is 0.00129. The van der Waals surface area contributed by atoms with Gasteiger partial charge >= 0.3 is 0 Å². The van der Waals surface area contributed by atoms with Crippen LogP contribution in [0.3, 0.4) is 0 Å². The van der Waals surface area contributed by atoms with Crippen molar-refractivity contribution in [2.45, 2.75) is 49.0 Å². The number of ether oxygens (including phenoxy) is 2. The van der Waals surface area contributed by atoms with E-state index in [1.165, 1.54) is 7.11 Å². The van der Waals surface area contributed by atoms with Crippen molar-refractivity contribution in [2.24, 2.45) is 5.92 Å². The smallest absolute Gasteiger partial charge is 0.187 e. The summed E-state index contributed by atoms with van der Waals surface area (Å²) >= 11 is 0. The average molecular weight is 477 g/mol. The summed E-state index contributed by atoms with van der Waals surface area (Å²) in [5.74, 6) is -1.30. The molecule has 3 aromatic rings. The monoisotopic (exact) mass is 476 g/mol. The standard InChI is InChI=1S/C29H32O6/c1-34-27-29(33,19-23-15-9-4-10-16-23)25(20-30)28(32,18-22-13-7-3-8-14-22)26(35-27)24(31)17-21-11-5-2-6-12-21/h2-16,20,24-27,31-33H,17-19H2,1H3/t24?,25-,26-,27+,28-,29-/m1/s1. The molecule has 0 radical (unpaired) electrons. The van der Waals surface area contributed by atoms with E-state index in [4.69, 9.17) is 9.47 Å². The molecule has 1 unspecified atom stereocenters. The van der Waals surface area contributed by atoms with Gasteiger partial charge in [-0.1, -0.05) is 91.0 Å². The Morgan fingerprint density at radius 1 is 0.829 bits per heavy atom. The number of rotatable bonds is 9. The third-order valence-corrected chi connectivity index (χ3v) is 6.90. The molecule has 3 N–H and O–H groups in total. The lowest BCUT2D eigenvalue weighted by Crippen LogP contribution is -2.73. The van der Waals surface area contributed by atoms with Gasteiger partial charge < -0.3 is 29.6 Å². The number of hydrogen-bond acceptors (Lipinski definition) is 6. The number of hydrogen-bond donors (Lipinski definition) is 3. The van der Waals surface area contributed by atoms with Crippen LogP contribution in [-0.2, 0) is 33.5 Å². The Hall–Kier alpha value is -2.87. The van der Waals surface area contributed by atoms with Crippen LogP contribution >= 0.6 is 0 Å². The largest absolute Gasteiger partial charge is 0.390 e. The Morgan fingerprint density at radius 3 is 1.74 bits per heavy atom. The molecular formula is C29H32O6. The molecule has 6 heteroatoms. The van der Waals surface area contributed by atoms with E-state index >= 15 is 0 Å². The van der Waals surface area contributed by atoms with E-state index in [1.54, 1.807) is 0 Å². The SMILES string of the molecule is CO[C@H]1O[C@H](C(O)Cc2ccccc2)[C@@](O)(Cc2ccccc2)[C@@H](C=O)[C@]1(O)Cc1ccccc1. The Kier molecular flexibility index (Phi) is 7.79. The first-order chi connectivity index (χ1) is 16.9. The van der Waals surface area contributed by atoms with Crippen molar-refractivity contribution in [2.75, 3.05) is 7.11 Å². The van der Waals surface area contributed by atoms with Gasteiger partial charge in [-0.2, -0.15) is 0 Å². The van der Waals surface area contributed by atoms with Crippen LogP contribution < -0.4 is 0 Å². The molecule has 1 fully saturated rings. The molecule has 6 nitrogen and oxygen atoms in total. The van der Waals surface area contributed by atoms with Crippen LogP contribution in [0.15, 0.2) is 91.0 Å². The highest BCUT2D eigenvalue weighted by Gasteiger charge is 2.64. The van der Waals surface area contributed by atoms with Crippen molar-refractivity contribution in [3.05, 3.63) is 108 Å². The number of carbonyl (C=O) groups is 1. The summed E-state index contributed by atoms with van der Waals surface area (Å²) in [4.78, 5) is 12.6. The zero-order chi connectivity index (χ0) is 24.9. The molecule has 1 heterocycles. The second kappa shape index (κ2) is 10.8. The molecule has 1 aliphatic heterocycles. The van der Waals surface area contributed by atoms with Gasteiger partial charge in [-0.15, -0.1) is 0 Å². The Balaban J connectivity index is 1.76. The van der Waals surface area contributed by atoms with Crippen LogP contribution in [0.25, 0.3) is 0 Å². The molecule has 0 aromatic heterocycles. The molecule has 6 atom stereocenters. The molecule has 0 saturated carbocycles. The first-order valence-corrected chi connectivity index (χ1v) is 11.8. The van der Waals surface area contributed by atoms with E-state index in [1.807, 2.05) is 91.0 Å². The second-order valence-corrected chi connectivity index (χ2v) is 9.30. The highest BCUT2D eigenvalue weighted by Crippen LogP contribution is 2.45. The van der Waals surface area contributed by atoms with Crippen molar-refractivity contribution in [3.8, 4) is 0 Å². The minimum Gasteiger partial charge on any atom is -0.390 e. The zero-order valence-electron chi connectivity index (χ0n) is 19.7. The third kappa shape index (κ3) is 5.22. The number of benzene rings is 3. The van der Waals surface area contributed by atoms with Crippen molar-refractivity contribution in [1.82, 2.24) is 0 Å². The van der Waals surface area contributed by atoms with Gasteiger partial charge in [-0.25, -0.2) is 0 Å². The summed E-state index contributed by atoms with van der Waals surface area (Å²) < 4.78 is 11.7. The van der Waals surface area contributed by atoms with Crippen LogP contribution in [0.5, 0.6) is 0 Å². The molecule has 0 aliphatic carbocycles. The van der Waals surface area contributed by atoms with Crippen molar-refractivity contribution < 1.29 is 29.6 Å². The first-order valence-electron chi connectivity index (χ1n) is 11.8. The Labute approximate surface area is 205 Å². The van der Waals surface area contributed by atoms with Gasteiger partial charge in [-0.3, -0.25) is 0 Å². The molecule has 3 aromatic carbocycles. The molecule has 0 bridgehead atoms. The number of aldehydes is 1. The predicted molar refractivity (Wildman–Crippen MR) is 132 cm³/mol. The maximum absolute atomic E-state index is 12.6. The predicted octanol–water partition coefficient (Wildman–Crippen LogP) is 2.72. The number of aliphatic hydroxyl groups is 3. The minimum atomic E-state index is -1.91. The van der Waals surface area contributed by atoms with E-state index in [9.17, 15) is 20.1 Å². The normalized spacial score (nSPS) is 29.4. The molecule has 0 spiro atoms. The summed E-state index contributed by atoms with van der Waals surface area (Å²) in [6.45, 7) is 0. The summed E-state index contributed by atoms with van der Waals surface area (Å²) in [5, 5.41) is 35.4. The maximum atomic E-state index is 12.6. The fraction of sp³-hybridized carbons (Fsp3) is 0.345. The van der Waals surface area contributed by atoms with Gasteiger partial charge in [-0.05, 0) is 16.7 Å². The van der Waals surface area contributed by atoms with Crippen LogP contribution in [0.1, 0.15) is 16.7 Å². The topological polar surface area (TPSA) is 96.2 Å². The molecular weight excluding hydrogens is 444 g/mol. The van der Waals surface area contributed by atoms with Crippen LogP contribution in [0, 0.1) is 5.92 Å². The lowest BCUT2D eigenvalue weighted by molar-refractivity contribution is -0.350. The fourth-order valence-corrected chi connectivity index (χ4v) is 5.26. The average Bonchev–Trinajstić information content (AvgIpc) is 2.86. The summed E-state index contributed by atoms with van der Waals surface area (Å²) in [6.07, 6.45) is -2.81. The van der Waals surface area contributed by atoms with Gasteiger partial charge in [0, 0.05) is 26.4 Å². The molecule has 0 amide bonds. The van der Waals surface area contributed by atoms with Crippen molar-refractivity contribution in [1.29, 1.82) is 0 Å². The van der Waals surface area contributed by atoms with Gasteiger partial charge in [0.2, 0.25) is 0 Å². The summed E-state index contributed by atoms with van der Waals surface area (Å²) in [7, 11) is 1.38. The van der Waals surface area contributed by atoms with Crippen molar-refractivity contribution in [3.63, 3.8) is 0 Å². The maximum Gasteiger partial charge on any atom is 0.187 e. The highest BCUT2D eigenvalue weighted by atomic mass is 16.7. The fourth-order valence-electron chi connectivity index (χ4n) is 5.26. The van der Waals surface area contributed by atoms with Gasteiger partial charge in [0.25, 0.3) is 0 Å². The van der Waals surface area contributed by atoms with Crippen LogP contribution in [-0.4, -0.2) is 58.4 Å². The van der Waals surface area contributed by atoms with Crippen LogP contribution in [0.4, 0.5) is 0 Å². The molecule has 184 valence electrons. The molecule has 1 saturated heterocycles. The van der Waals surface area contributed by atoms with E-state index in [0.29, 0.717) is 6.29 Å². The zero-order valence-corrected chi connectivity index (χ0v) is 19.7. The summed E-state index contributed by atoms with van der Waals surface area (Å²) in [6, 6.07) is 27.7. The molecule has 35 heavy (non-hydrogen) atoms. The van der Waals surface area contributed by atoms with Gasteiger partial charge in [0.1, 0.15) is 23.6 Å². The first kappa shape index (κ1) is 25.2. The molecule has 1 aliphatic rings. The Morgan fingerprint density at radius 2 is 1.29 bits per heavy atom. The lowest BCUT2D eigenvalue weighted by Gasteiger charge is -2.55.